The molecule has 108 valence electrons. The zero-order chi connectivity index (χ0) is 14.7. The van der Waals surface area contributed by atoms with Crippen molar-refractivity contribution in [1.29, 1.82) is 0 Å². The SMILES string of the molecule is CCCC1C(=O)NC(C)C(=O)N1Cc1cccc(C)c1. The zero-order valence-electron chi connectivity index (χ0n) is 12.3. The summed E-state index contributed by atoms with van der Waals surface area (Å²) in [6, 6.07) is 7.30. The van der Waals surface area contributed by atoms with E-state index in [-0.39, 0.29) is 17.9 Å². The molecule has 1 saturated heterocycles. The van der Waals surface area contributed by atoms with Crippen molar-refractivity contribution < 1.29 is 9.59 Å². The predicted octanol–water partition coefficient (Wildman–Crippen LogP) is 2.01. The van der Waals surface area contributed by atoms with E-state index in [2.05, 4.69) is 11.4 Å². The fourth-order valence-electron chi connectivity index (χ4n) is 2.67. The topological polar surface area (TPSA) is 49.4 Å². The molecule has 1 aromatic rings. The standard InChI is InChI=1S/C16H22N2O2/c1-4-6-14-15(19)17-12(3)16(20)18(14)10-13-8-5-7-11(2)9-13/h5,7-9,12,14H,4,6,10H2,1-3H3,(H,17,19). The number of carbonyl (C=O) groups excluding carboxylic acids is 2. The average molecular weight is 274 g/mol. The molecule has 1 aromatic carbocycles. The van der Waals surface area contributed by atoms with Crippen LogP contribution in [0.5, 0.6) is 0 Å². The molecule has 0 saturated carbocycles. The molecule has 4 heteroatoms. The highest BCUT2D eigenvalue weighted by atomic mass is 16.2. The van der Waals surface area contributed by atoms with Gasteiger partial charge in [-0.05, 0) is 25.8 Å². The maximum atomic E-state index is 12.4. The molecule has 2 unspecified atom stereocenters. The van der Waals surface area contributed by atoms with Gasteiger partial charge in [0.15, 0.2) is 0 Å². The molecule has 2 atom stereocenters. The van der Waals surface area contributed by atoms with Crippen LogP contribution in [-0.4, -0.2) is 28.8 Å². The van der Waals surface area contributed by atoms with Crippen LogP contribution < -0.4 is 5.32 Å². The van der Waals surface area contributed by atoms with E-state index < -0.39 is 6.04 Å². The number of piperazine rings is 1. The maximum Gasteiger partial charge on any atom is 0.245 e. The summed E-state index contributed by atoms with van der Waals surface area (Å²) in [6.45, 7) is 6.30. The first-order valence-corrected chi connectivity index (χ1v) is 7.19. The Morgan fingerprint density at radius 3 is 2.70 bits per heavy atom. The Morgan fingerprint density at radius 2 is 2.05 bits per heavy atom. The van der Waals surface area contributed by atoms with E-state index in [0.717, 1.165) is 17.5 Å². The van der Waals surface area contributed by atoms with Crippen molar-refractivity contribution in [3.63, 3.8) is 0 Å². The van der Waals surface area contributed by atoms with E-state index in [1.165, 1.54) is 0 Å². The van der Waals surface area contributed by atoms with Crippen molar-refractivity contribution in [2.24, 2.45) is 0 Å². The number of nitrogens with zero attached hydrogens (tertiary/aromatic N) is 1. The van der Waals surface area contributed by atoms with Crippen molar-refractivity contribution >= 4 is 11.8 Å². The summed E-state index contributed by atoms with van der Waals surface area (Å²) in [5, 5.41) is 2.76. The van der Waals surface area contributed by atoms with Gasteiger partial charge >= 0.3 is 0 Å². The van der Waals surface area contributed by atoms with Crippen LogP contribution in [0.1, 0.15) is 37.8 Å². The van der Waals surface area contributed by atoms with Crippen LogP contribution in [0.3, 0.4) is 0 Å². The number of benzene rings is 1. The lowest BCUT2D eigenvalue weighted by atomic mass is 10.0. The zero-order valence-corrected chi connectivity index (χ0v) is 12.3. The Bertz CT molecular complexity index is 513. The van der Waals surface area contributed by atoms with Crippen molar-refractivity contribution in [2.45, 2.75) is 52.2 Å². The molecule has 0 aromatic heterocycles. The Hall–Kier alpha value is -1.84. The summed E-state index contributed by atoms with van der Waals surface area (Å²) in [4.78, 5) is 26.2. The van der Waals surface area contributed by atoms with E-state index in [9.17, 15) is 9.59 Å². The van der Waals surface area contributed by atoms with Crippen LogP contribution in [0.4, 0.5) is 0 Å². The van der Waals surface area contributed by atoms with Crippen LogP contribution in [0.15, 0.2) is 24.3 Å². The highest BCUT2D eigenvalue weighted by molar-refractivity contribution is 5.96. The molecule has 20 heavy (non-hydrogen) atoms. The second kappa shape index (κ2) is 6.07. The lowest BCUT2D eigenvalue weighted by Gasteiger charge is -2.38. The molecule has 1 heterocycles. The quantitative estimate of drug-likeness (QED) is 0.913. The van der Waals surface area contributed by atoms with Crippen molar-refractivity contribution in [3.05, 3.63) is 35.4 Å². The minimum absolute atomic E-state index is 0.00422. The molecular formula is C16H22N2O2. The molecule has 4 nitrogen and oxygen atoms in total. The van der Waals surface area contributed by atoms with Gasteiger partial charge in [-0.1, -0.05) is 43.2 Å². The second-order valence-corrected chi connectivity index (χ2v) is 5.49. The number of nitrogens with one attached hydrogen (secondary N) is 1. The summed E-state index contributed by atoms with van der Waals surface area (Å²) < 4.78 is 0. The number of rotatable bonds is 4. The van der Waals surface area contributed by atoms with Gasteiger partial charge in [0.1, 0.15) is 12.1 Å². The average Bonchev–Trinajstić information content (AvgIpc) is 2.40. The highest BCUT2D eigenvalue weighted by Gasteiger charge is 2.37. The first kappa shape index (κ1) is 14.6. The van der Waals surface area contributed by atoms with E-state index in [0.29, 0.717) is 13.0 Å². The second-order valence-electron chi connectivity index (χ2n) is 5.49. The fourth-order valence-corrected chi connectivity index (χ4v) is 2.67. The summed E-state index contributed by atoms with van der Waals surface area (Å²) in [6.07, 6.45) is 1.58. The molecular weight excluding hydrogens is 252 g/mol. The minimum Gasteiger partial charge on any atom is -0.343 e. The third-order valence-corrected chi connectivity index (χ3v) is 3.69. The monoisotopic (exact) mass is 274 g/mol. The van der Waals surface area contributed by atoms with Crippen molar-refractivity contribution in [3.8, 4) is 0 Å². The van der Waals surface area contributed by atoms with Crippen LogP contribution in [0, 0.1) is 6.92 Å². The van der Waals surface area contributed by atoms with Gasteiger partial charge < -0.3 is 10.2 Å². The number of carbonyl (C=O) groups is 2. The smallest absolute Gasteiger partial charge is 0.245 e. The molecule has 1 fully saturated rings. The summed E-state index contributed by atoms with van der Waals surface area (Å²) >= 11 is 0. The van der Waals surface area contributed by atoms with Crippen molar-refractivity contribution in [2.75, 3.05) is 0 Å². The lowest BCUT2D eigenvalue weighted by molar-refractivity contribution is -0.149. The van der Waals surface area contributed by atoms with E-state index in [1.54, 1.807) is 11.8 Å². The molecule has 0 radical (unpaired) electrons. The Labute approximate surface area is 120 Å². The van der Waals surface area contributed by atoms with Gasteiger partial charge in [0, 0.05) is 6.54 Å². The van der Waals surface area contributed by atoms with Gasteiger partial charge in [0.2, 0.25) is 11.8 Å². The molecule has 2 rings (SSSR count). The van der Waals surface area contributed by atoms with Gasteiger partial charge in [0.05, 0.1) is 0 Å². The van der Waals surface area contributed by atoms with Crippen molar-refractivity contribution in [1.82, 2.24) is 10.2 Å². The molecule has 0 spiro atoms. The van der Waals surface area contributed by atoms with Gasteiger partial charge in [-0.25, -0.2) is 0 Å². The molecule has 1 aliphatic heterocycles. The first-order valence-electron chi connectivity index (χ1n) is 7.19. The maximum absolute atomic E-state index is 12.4. The van der Waals surface area contributed by atoms with Crippen LogP contribution >= 0.6 is 0 Å². The highest BCUT2D eigenvalue weighted by Crippen LogP contribution is 2.18. The van der Waals surface area contributed by atoms with Gasteiger partial charge in [-0.3, -0.25) is 9.59 Å². The summed E-state index contributed by atoms with van der Waals surface area (Å²) in [7, 11) is 0. The molecule has 0 bridgehead atoms. The van der Waals surface area contributed by atoms with E-state index >= 15 is 0 Å². The third kappa shape index (κ3) is 3.00. The number of hydrogen-bond acceptors (Lipinski definition) is 2. The van der Waals surface area contributed by atoms with E-state index in [4.69, 9.17) is 0 Å². The molecule has 1 N–H and O–H groups in total. The van der Waals surface area contributed by atoms with Gasteiger partial charge in [-0.2, -0.15) is 0 Å². The third-order valence-electron chi connectivity index (χ3n) is 3.69. The summed E-state index contributed by atoms with van der Waals surface area (Å²) in [5.74, 6) is -0.0313. The number of amides is 2. The Morgan fingerprint density at radius 1 is 1.30 bits per heavy atom. The van der Waals surface area contributed by atoms with Crippen LogP contribution in [-0.2, 0) is 16.1 Å². The number of aryl methyl sites for hydroxylation is 1. The molecule has 0 aliphatic carbocycles. The van der Waals surface area contributed by atoms with Crippen LogP contribution in [0.25, 0.3) is 0 Å². The fraction of sp³-hybridized carbons (Fsp3) is 0.500. The van der Waals surface area contributed by atoms with Gasteiger partial charge in [-0.15, -0.1) is 0 Å². The largest absolute Gasteiger partial charge is 0.343 e. The minimum atomic E-state index is -0.430. The van der Waals surface area contributed by atoms with Gasteiger partial charge in [0.25, 0.3) is 0 Å². The predicted molar refractivity (Wildman–Crippen MR) is 78.0 cm³/mol. The lowest BCUT2D eigenvalue weighted by Crippen LogP contribution is -2.61. The Kier molecular flexibility index (Phi) is 4.42. The molecule has 1 aliphatic rings. The normalized spacial score (nSPS) is 22.9. The van der Waals surface area contributed by atoms with E-state index in [1.807, 2.05) is 32.0 Å². The first-order chi connectivity index (χ1) is 9.52. The molecule has 2 amide bonds. The summed E-state index contributed by atoms with van der Waals surface area (Å²) in [5.41, 5.74) is 2.23. The van der Waals surface area contributed by atoms with Crippen LogP contribution in [0.2, 0.25) is 0 Å². The number of hydrogen-bond donors (Lipinski definition) is 1. The Balaban J connectivity index is 2.23.